The summed E-state index contributed by atoms with van der Waals surface area (Å²) in [6.07, 6.45) is -5.23. The molecule has 0 saturated heterocycles. The molecule has 7 heteroatoms. The van der Waals surface area contributed by atoms with Crippen LogP contribution in [-0.2, 0) is 15.1 Å². The number of carbonyl (C=O) groups excluding carboxylic acids is 1. The Balaban J connectivity index is 2.53. The Morgan fingerprint density at radius 3 is 2.41 bits per heavy atom. The van der Waals surface area contributed by atoms with E-state index in [2.05, 4.69) is 0 Å². The smallest absolute Gasteiger partial charge is 0.471 e. The number of benzene rings is 1. The van der Waals surface area contributed by atoms with Crippen molar-refractivity contribution >= 4 is 11.9 Å². The average Bonchev–Trinajstić information content (AvgIpc) is 2.74. The highest BCUT2D eigenvalue weighted by Gasteiger charge is 2.54. The van der Waals surface area contributed by atoms with Crippen LogP contribution < -0.4 is 5.32 Å². The summed E-state index contributed by atoms with van der Waals surface area (Å²) in [6.45, 7) is 3.73. The molecule has 0 saturated carbocycles. The molecular weight excluding hydrogens is 299 g/mol. The van der Waals surface area contributed by atoms with Crippen LogP contribution in [0.1, 0.15) is 37.3 Å². The Bertz CT molecular complexity index is 612. The highest BCUT2D eigenvalue weighted by molar-refractivity contribution is 5.91. The predicted molar refractivity (Wildman–Crippen MR) is 72.1 cm³/mol. The minimum Gasteiger partial charge on any atom is -0.479 e. The van der Waals surface area contributed by atoms with Crippen LogP contribution in [0.25, 0.3) is 0 Å². The second-order valence-electron chi connectivity index (χ2n) is 5.80. The highest BCUT2D eigenvalue weighted by Crippen LogP contribution is 2.48. The van der Waals surface area contributed by atoms with Crippen molar-refractivity contribution in [3.05, 3.63) is 35.4 Å². The lowest BCUT2D eigenvalue weighted by molar-refractivity contribution is -0.178. The maximum atomic E-state index is 12.6. The van der Waals surface area contributed by atoms with Crippen LogP contribution in [0.5, 0.6) is 0 Å². The van der Waals surface area contributed by atoms with Gasteiger partial charge in [-0.3, -0.25) is 4.79 Å². The summed E-state index contributed by atoms with van der Waals surface area (Å²) in [7, 11) is 0. The summed E-state index contributed by atoms with van der Waals surface area (Å²) in [6, 6.07) is 6.42. The van der Waals surface area contributed by atoms with Crippen molar-refractivity contribution in [2.75, 3.05) is 0 Å². The molecule has 0 aromatic heterocycles. The van der Waals surface area contributed by atoms with Gasteiger partial charge in [-0.05, 0) is 29.4 Å². The van der Waals surface area contributed by atoms with E-state index in [0.717, 1.165) is 0 Å². The topological polar surface area (TPSA) is 66.4 Å². The molecule has 1 amide bonds. The van der Waals surface area contributed by atoms with Gasteiger partial charge in [-0.1, -0.05) is 38.1 Å². The maximum Gasteiger partial charge on any atom is 0.471 e. The lowest BCUT2D eigenvalue weighted by Gasteiger charge is -2.28. The number of hydrogen-bond acceptors (Lipinski definition) is 2. The van der Waals surface area contributed by atoms with Gasteiger partial charge in [0.15, 0.2) is 5.54 Å². The standard InChI is InChI=1S/C15H16F3NO3/c1-8(2)10-7-14(13(21)22,19-12(20)15(16,17)18)11-6-4-3-5-9(10)11/h3-6,8,10H,7H2,1-2H3,(H,19,20)(H,21,22). The van der Waals surface area contributed by atoms with Gasteiger partial charge in [0.2, 0.25) is 0 Å². The molecule has 0 aliphatic heterocycles. The summed E-state index contributed by atoms with van der Waals surface area (Å²) >= 11 is 0. The molecule has 1 aliphatic rings. The number of halogens is 3. The number of carbonyl (C=O) groups is 2. The number of carboxylic acid groups (broad SMARTS) is 1. The number of fused-ring (bicyclic) bond motifs is 1. The van der Waals surface area contributed by atoms with Crippen molar-refractivity contribution in [2.24, 2.45) is 5.92 Å². The van der Waals surface area contributed by atoms with E-state index < -0.39 is 23.6 Å². The van der Waals surface area contributed by atoms with Gasteiger partial charge in [0.25, 0.3) is 0 Å². The van der Waals surface area contributed by atoms with Crippen LogP contribution in [0.3, 0.4) is 0 Å². The van der Waals surface area contributed by atoms with Crippen molar-refractivity contribution in [1.29, 1.82) is 0 Å². The molecule has 1 aromatic carbocycles. The third-order valence-electron chi connectivity index (χ3n) is 4.10. The van der Waals surface area contributed by atoms with Crippen molar-refractivity contribution < 1.29 is 27.9 Å². The Morgan fingerprint density at radius 1 is 1.32 bits per heavy atom. The fourth-order valence-corrected chi connectivity index (χ4v) is 2.99. The molecule has 2 atom stereocenters. The normalized spacial score (nSPS) is 24.2. The van der Waals surface area contributed by atoms with Crippen molar-refractivity contribution in [2.45, 2.75) is 37.9 Å². The number of rotatable bonds is 3. The van der Waals surface area contributed by atoms with Gasteiger partial charge in [-0.25, -0.2) is 4.79 Å². The summed E-state index contributed by atoms with van der Waals surface area (Å²) < 4.78 is 37.7. The molecule has 0 spiro atoms. The molecule has 1 aliphatic carbocycles. The van der Waals surface area contributed by atoms with Gasteiger partial charge < -0.3 is 10.4 Å². The van der Waals surface area contributed by atoms with E-state index in [9.17, 15) is 27.9 Å². The zero-order valence-corrected chi connectivity index (χ0v) is 12.1. The number of amides is 1. The van der Waals surface area contributed by atoms with E-state index in [4.69, 9.17) is 0 Å². The van der Waals surface area contributed by atoms with Crippen LogP contribution in [0.15, 0.2) is 24.3 Å². The van der Waals surface area contributed by atoms with Gasteiger partial charge in [0, 0.05) is 0 Å². The first-order valence-electron chi connectivity index (χ1n) is 6.81. The van der Waals surface area contributed by atoms with E-state index in [1.54, 1.807) is 23.5 Å². The van der Waals surface area contributed by atoms with E-state index in [0.29, 0.717) is 5.56 Å². The molecule has 2 rings (SSSR count). The van der Waals surface area contributed by atoms with Gasteiger partial charge >= 0.3 is 18.1 Å². The number of carboxylic acids is 1. The molecule has 2 unspecified atom stereocenters. The molecule has 22 heavy (non-hydrogen) atoms. The van der Waals surface area contributed by atoms with Crippen LogP contribution in [0.4, 0.5) is 13.2 Å². The quantitative estimate of drug-likeness (QED) is 0.901. The SMILES string of the molecule is CC(C)C1CC(NC(=O)C(F)(F)F)(C(=O)O)c2ccccc21. The zero-order valence-electron chi connectivity index (χ0n) is 12.1. The third-order valence-corrected chi connectivity index (χ3v) is 4.10. The Hall–Kier alpha value is -2.05. The summed E-state index contributed by atoms with van der Waals surface area (Å²) in [5.41, 5.74) is -1.15. The fourth-order valence-electron chi connectivity index (χ4n) is 2.99. The third kappa shape index (κ3) is 2.55. The largest absolute Gasteiger partial charge is 0.479 e. The molecule has 120 valence electrons. The summed E-state index contributed by atoms with van der Waals surface area (Å²) in [5, 5.41) is 11.3. The van der Waals surface area contributed by atoms with Crippen molar-refractivity contribution in [1.82, 2.24) is 5.32 Å². The minimum atomic E-state index is -5.13. The Labute approximate surface area is 125 Å². The van der Waals surface area contributed by atoms with Crippen LogP contribution in [-0.4, -0.2) is 23.2 Å². The zero-order chi connectivity index (χ0) is 16.7. The molecule has 2 N–H and O–H groups in total. The lowest BCUT2D eigenvalue weighted by Crippen LogP contribution is -2.54. The molecule has 0 bridgehead atoms. The second kappa shape index (κ2) is 5.30. The van der Waals surface area contributed by atoms with E-state index in [1.165, 1.54) is 6.07 Å². The minimum absolute atomic E-state index is 0.0326. The van der Waals surface area contributed by atoms with Gasteiger partial charge in [-0.2, -0.15) is 13.2 Å². The van der Waals surface area contributed by atoms with Gasteiger partial charge in [0.1, 0.15) is 0 Å². The number of nitrogens with one attached hydrogen (secondary N) is 1. The molecule has 4 nitrogen and oxygen atoms in total. The average molecular weight is 315 g/mol. The second-order valence-corrected chi connectivity index (χ2v) is 5.80. The van der Waals surface area contributed by atoms with Crippen LogP contribution in [0, 0.1) is 5.92 Å². The lowest BCUT2D eigenvalue weighted by atomic mass is 9.87. The predicted octanol–water partition coefficient (Wildman–Crippen LogP) is 2.79. The Morgan fingerprint density at radius 2 is 1.91 bits per heavy atom. The van der Waals surface area contributed by atoms with Crippen molar-refractivity contribution in [3.63, 3.8) is 0 Å². The first kappa shape index (κ1) is 16.3. The molecule has 0 heterocycles. The van der Waals surface area contributed by atoms with E-state index >= 15 is 0 Å². The first-order chi connectivity index (χ1) is 10.1. The number of aliphatic carboxylic acids is 1. The monoisotopic (exact) mass is 315 g/mol. The van der Waals surface area contributed by atoms with Gasteiger partial charge in [0.05, 0.1) is 0 Å². The highest BCUT2D eigenvalue weighted by atomic mass is 19.4. The molecule has 1 aromatic rings. The van der Waals surface area contributed by atoms with Crippen molar-refractivity contribution in [3.8, 4) is 0 Å². The van der Waals surface area contributed by atoms with Gasteiger partial charge in [-0.15, -0.1) is 0 Å². The number of hydrogen-bond donors (Lipinski definition) is 2. The maximum absolute atomic E-state index is 12.6. The Kier molecular flexibility index (Phi) is 3.93. The molecule has 0 fully saturated rings. The first-order valence-corrected chi connectivity index (χ1v) is 6.81. The summed E-state index contributed by atoms with van der Waals surface area (Å²) in [4.78, 5) is 23.1. The van der Waals surface area contributed by atoms with Crippen LogP contribution in [0.2, 0.25) is 0 Å². The molecule has 0 radical (unpaired) electrons. The van der Waals surface area contributed by atoms with E-state index in [1.807, 2.05) is 13.8 Å². The van der Waals surface area contributed by atoms with Crippen LogP contribution >= 0.6 is 0 Å². The summed E-state index contributed by atoms with van der Waals surface area (Å²) in [5.74, 6) is -3.93. The number of alkyl halides is 3. The van der Waals surface area contributed by atoms with E-state index in [-0.39, 0.29) is 23.8 Å². The fraction of sp³-hybridized carbons (Fsp3) is 0.467. The molecular formula is C15H16F3NO3.